The van der Waals surface area contributed by atoms with Crippen LogP contribution in [0.1, 0.15) is 38.3 Å². The summed E-state index contributed by atoms with van der Waals surface area (Å²) in [5.41, 5.74) is 2.69. The van der Waals surface area contributed by atoms with E-state index in [1.54, 1.807) is 11.3 Å². The fraction of sp³-hybridized carbons (Fsp3) is 0.375. The molecule has 1 aromatic carbocycles. The van der Waals surface area contributed by atoms with E-state index in [2.05, 4.69) is 70.8 Å². The molecule has 0 bridgehead atoms. The van der Waals surface area contributed by atoms with Gasteiger partial charge in [0.25, 0.3) is 0 Å². The van der Waals surface area contributed by atoms with Crippen LogP contribution >= 0.6 is 27.3 Å². The lowest BCUT2D eigenvalue weighted by Gasteiger charge is -2.17. The quantitative estimate of drug-likeness (QED) is 0.720. The maximum absolute atomic E-state index is 3.62. The van der Waals surface area contributed by atoms with Crippen molar-refractivity contribution < 1.29 is 0 Å². The predicted octanol–water partition coefficient (Wildman–Crippen LogP) is 5.63. The van der Waals surface area contributed by atoms with Gasteiger partial charge in [0.1, 0.15) is 0 Å². The number of rotatable bonds is 6. The molecule has 1 heterocycles. The first kappa shape index (κ1) is 14.8. The molecule has 1 unspecified atom stereocenters. The van der Waals surface area contributed by atoms with E-state index in [1.807, 2.05) is 0 Å². The van der Waals surface area contributed by atoms with E-state index in [0.29, 0.717) is 6.04 Å². The Balaban J connectivity index is 2.26. The summed E-state index contributed by atoms with van der Waals surface area (Å²) in [4.78, 5) is 1.31. The monoisotopic (exact) mass is 337 g/mol. The van der Waals surface area contributed by atoms with E-state index in [4.69, 9.17) is 0 Å². The van der Waals surface area contributed by atoms with Crippen LogP contribution < -0.4 is 5.32 Å². The molecule has 0 spiro atoms. The van der Waals surface area contributed by atoms with Crippen molar-refractivity contribution in [3.8, 4) is 10.4 Å². The Hall–Kier alpha value is -0.640. The lowest BCUT2D eigenvalue weighted by atomic mass is 10.0. The van der Waals surface area contributed by atoms with Crippen molar-refractivity contribution in [1.82, 2.24) is 5.32 Å². The molecular weight excluding hydrogens is 318 g/mol. The molecule has 0 aliphatic heterocycles. The van der Waals surface area contributed by atoms with E-state index in [0.717, 1.165) is 13.0 Å². The minimum Gasteiger partial charge on any atom is -0.310 e. The summed E-state index contributed by atoms with van der Waals surface area (Å²) in [7, 11) is 0. The lowest BCUT2D eigenvalue weighted by Crippen LogP contribution is -2.21. The Kier molecular flexibility index (Phi) is 5.61. The van der Waals surface area contributed by atoms with Crippen LogP contribution in [0.25, 0.3) is 10.4 Å². The minimum absolute atomic E-state index is 0.457. The minimum atomic E-state index is 0.457. The number of halogens is 1. The summed E-state index contributed by atoms with van der Waals surface area (Å²) in [5.74, 6) is 0. The summed E-state index contributed by atoms with van der Waals surface area (Å²) in [6.45, 7) is 5.52. The van der Waals surface area contributed by atoms with Gasteiger partial charge in [-0.05, 0) is 64.0 Å². The summed E-state index contributed by atoms with van der Waals surface area (Å²) in [6, 6.07) is 11.5. The molecule has 0 saturated heterocycles. The van der Waals surface area contributed by atoms with Gasteiger partial charge in [-0.1, -0.05) is 32.0 Å². The van der Waals surface area contributed by atoms with Crippen molar-refractivity contribution in [2.45, 2.75) is 32.7 Å². The Bertz CT molecular complexity index is 521. The van der Waals surface area contributed by atoms with E-state index < -0.39 is 0 Å². The van der Waals surface area contributed by atoms with Crippen molar-refractivity contribution in [3.05, 3.63) is 45.7 Å². The Morgan fingerprint density at radius 2 is 2.11 bits per heavy atom. The van der Waals surface area contributed by atoms with E-state index in [1.165, 1.54) is 26.9 Å². The van der Waals surface area contributed by atoms with Crippen LogP contribution in [-0.2, 0) is 0 Å². The highest BCUT2D eigenvalue weighted by atomic mass is 79.9. The molecule has 0 radical (unpaired) electrons. The third-order valence-corrected chi connectivity index (χ3v) is 5.10. The number of hydrogen-bond donors (Lipinski definition) is 1. The van der Waals surface area contributed by atoms with Crippen molar-refractivity contribution in [2.75, 3.05) is 6.54 Å². The zero-order valence-electron chi connectivity index (χ0n) is 11.4. The molecule has 102 valence electrons. The molecular formula is C16H20BrNS. The van der Waals surface area contributed by atoms with Gasteiger partial charge in [0.2, 0.25) is 0 Å². The predicted molar refractivity (Wildman–Crippen MR) is 88.8 cm³/mol. The van der Waals surface area contributed by atoms with Gasteiger partial charge in [-0.3, -0.25) is 0 Å². The maximum atomic E-state index is 3.62. The second-order valence-electron chi connectivity index (χ2n) is 4.64. The zero-order chi connectivity index (χ0) is 13.7. The van der Waals surface area contributed by atoms with Crippen LogP contribution in [0.4, 0.5) is 0 Å². The van der Waals surface area contributed by atoms with Gasteiger partial charge in [-0.15, -0.1) is 11.3 Å². The molecule has 2 aromatic rings. The molecule has 0 aliphatic carbocycles. The molecule has 0 amide bonds. The van der Waals surface area contributed by atoms with Crippen LogP contribution in [0.5, 0.6) is 0 Å². The normalized spacial score (nSPS) is 12.6. The summed E-state index contributed by atoms with van der Waals surface area (Å²) < 4.78 is 1.18. The molecule has 1 atom stereocenters. The van der Waals surface area contributed by atoms with E-state index in [-0.39, 0.29) is 0 Å². The van der Waals surface area contributed by atoms with Gasteiger partial charge >= 0.3 is 0 Å². The van der Waals surface area contributed by atoms with Gasteiger partial charge < -0.3 is 5.32 Å². The smallest absolute Gasteiger partial charge is 0.0484 e. The van der Waals surface area contributed by atoms with Crippen molar-refractivity contribution in [3.63, 3.8) is 0 Å². The Morgan fingerprint density at radius 1 is 1.26 bits per heavy atom. The molecule has 0 fully saturated rings. The fourth-order valence-corrected chi connectivity index (χ4v) is 3.81. The Labute approximate surface area is 128 Å². The van der Waals surface area contributed by atoms with Crippen molar-refractivity contribution in [2.24, 2.45) is 0 Å². The number of nitrogens with one attached hydrogen (secondary N) is 1. The topological polar surface area (TPSA) is 12.0 Å². The molecule has 3 heteroatoms. The second kappa shape index (κ2) is 7.22. The third kappa shape index (κ3) is 3.68. The highest BCUT2D eigenvalue weighted by Crippen LogP contribution is 2.34. The molecule has 1 N–H and O–H groups in total. The van der Waals surface area contributed by atoms with Crippen molar-refractivity contribution >= 4 is 27.3 Å². The van der Waals surface area contributed by atoms with Gasteiger partial charge in [-0.2, -0.15) is 0 Å². The van der Waals surface area contributed by atoms with Gasteiger partial charge in [-0.25, -0.2) is 0 Å². The van der Waals surface area contributed by atoms with Crippen LogP contribution in [0.15, 0.2) is 40.2 Å². The number of hydrogen-bond acceptors (Lipinski definition) is 2. The number of benzene rings is 1. The average molecular weight is 338 g/mol. The highest BCUT2D eigenvalue weighted by Gasteiger charge is 2.10. The first-order valence-electron chi connectivity index (χ1n) is 6.83. The van der Waals surface area contributed by atoms with Gasteiger partial charge in [0, 0.05) is 15.4 Å². The second-order valence-corrected chi connectivity index (χ2v) is 6.41. The average Bonchev–Trinajstić information content (AvgIpc) is 2.86. The maximum Gasteiger partial charge on any atom is 0.0484 e. The zero-order valence-corrected chi connectivity index (χ0v) is 13.9. The summed E-state index contributed by atoms with van der Waals surface area (Å²) in [5, 5.41) is 5.74. The van der Waals surface area contributed by atoms with Crippen LogP contribution in [-0.4, -0.2) is 6.54 Å². The first-order valence-corrected chi connectivity index (χ1v) is 8.50. The van der Waals surface area contributed by atoms with Gasteiger partial charge in [0.15, 0.2) is 0 Å². The molecule has 0 aliphatic rings. The standard InChI is InChI=1S/C16H20BrNS/c1-3-9-18-15(4-2)12-6-5-7-13(11-12)16-14(17)8-10-19-16/h5-8,10-11,15,18H,3-4,9H2,1-2H3. The third-order valence-electron chi connectivity index (χ3n) is 3.22. The van der Waals surface area contributed by atoms with Crippen molar-refractivity contribution in [1.29, 1.82) is 0 Å². The van der Waals surface area contributed by atoms with Crippen LogP contribution in [0, 0.1) is 0 Å². The molecule has 1 aromatic heterocycles. The number of thiophene rings is 1. The molecule has 0 saturated carbocycles. The summed E-state index contributed by atoms with van der Waals surface area (Å²) >= 11 is 5.40. The molecule has 1 nitrogen and oxygen atoms in total. The largest absolute Gasteiger partial charge is 0.310 e. The van der Waals surface area contributed by atoms with Crippen LogP contribution in [0.2, 0.25) is 0 Å². The molecule has 2 rings (SSSR count). The highest BCUT2D eigenvalue weighted by molar-refractivity contribution is 9.10. The first-order chi connectivity index (χ1) is 9.26. The van der Waals surface area contributed by atoms with E-state index >= 15 is 0 Å². The van der Waals surface area contributed by atoms with Crippen LogP contribution in [0.3, 0.4) is 0 Å². The fourth-order valence-electron chi connectivity index (χ4n) is 2.21. The SMILES string of the molecule is CCCNC(CC)c1cccc(-c2sccc2Br)c1. The molecule has 19 heavy (non-hydrogen) atoms. The summed E-state index contributed by atoms with van der Waals surface area (Å²) in [6.07, 6.45) is 2.29. The Morgan fingerprint density at radius 3 is 2.74 bits per heavy atom. The van der Waals surface area contributed by atoms with Gasteiger partial charge in [0.05, 0.1) is 0 Å². The lowest BCUT2D eigenvalue weighted by molar-refractivity contribution is 0.518. The van der Waals surface area contributed by atoms with E-state index in [9.17, 15) is 0 Å².